The maximum absolute atomic E-state index is 11.5. The molecule has 194 valence electrons. The molecule has 3 rings (SSSR count). The number of phenolic OH excluding ortho intramolecular Hbond substituents is 2. The van der Waals surface area contributed by atoms with Gasteiger partial charge < -0.3 is 20.4 Å². The Bertz CT molecular complexity index is 1040. The van der Waals surface area contributed by atoms with Crippen molar-refractivity contribution in [3.8, 4) is 11.5 Å². The Labute approximate surface area is 211 Å². The van der Waals surface area contributed by atoms with Crippen LogP contribution >= 0.6 is 0 Å². The van der Waals surface area contributed by atoms with Gasteiger partial charge in [-0.1, -0.05) is 38.0 Å². The first kappa shape index (κ1) is 27.5. The lowest BCUT2D eigenvalue weighted by molar-refractivity contribution is 0.175. The molecule has 2 aromatic rings. The Kier molecular flexibility index (Phi) is 10.4. The smallest absolute Gasteiger partial charge is 0.175 e. The number of rotatable bonds is 14. The van der Waals surface area contributed by atoms with Crippen molar-refractivity contribution in [2.45, 2.75) is 75.6 Å². The van der Waals surface area contributed by atoms with Gasteiger partial charge in [-0.2, -0.15) is 0 Å². The zero-order valence-corrected chi connectivity index (χ0v) is 22.1. The standard InChI is InChI=1S/C28H42N2O4S/c1-3-19-30(24-11-14-26-23(21-24)10-15-27(31)28(26)32)20-7-5-4-6-17-29-18-16-22-8-12-25(13-9-22)35(2,33)34/h8-10,12-13,15,24,29,31-32H,3-7,11,14,16-21H2,1-2H3/t24-/m1/s1. The molecule has 3 N–H and O–H groups in total. The van der Waals surface area contributed by atoms with Crippen LogP contribution in [0.25, 0.3) is 0 Å². The summed E-state index contributed by atoms with van der Waals surface area (Å²) in [5, 5.41) is 23.4. The Morgan fingerprint density at radius 2 is 1.71 bits per heavy atom. The lowest BCUT2D eigenvalue weighted by Gasteiger charge is -2.35. The number of phenols is 2. The van der Waals surface area contributed by atoms with Gasteiger partial charge in [0.15, 0.2) is 21.3 Å². The van der Waals surface area contributed by atoms with Crippen LogP contribution in [-0.4, -0.2) is 62.0 Å². The molecule has 7 heteroatoms. The van der Waals surface area contributed by atoms with E-state index >= 15 is 0 Å². The average molecular weight is 503 g/mol. The molecule has 0 radical (unpaired) electrons. The summed E-state index contributed by atoms with van der Waals surface area (Å²) in [7, 11) is -3.13. The molecule has 0 heterocycles. The van der Waals surface area contributed by atoms with E-state index in [-0.39, 0.29) is 11.5 Å². The minimum absolute atomic E-state index is 0.00892. The molecule has 1 aliphatic carbocycles. The first-order valence-corrected chi connectivity index (χ1v) is 14.9. The summed E-state index contributed by atoms with van der Waals surface area (Å²) in [6, 6.07) is 11.3. The number of aromatic hydroxyl groups is 2. The van der Waals surface area contributed by atoms with Crippen molar-refractivity contribution in [2.24, 2.45) is 0 Å². The van der Waals surface area contributed by atoms with Gasteiger partial charge in [0.25, 0.3) is 0 Å². The fourth-order valence-corrected chi connectivity index (χ4v) is 5.69. The zero-order valence-electron chi connectivity index (χ0n) is 21.3. The number of nitrogens with zero attached hydrogens (tertiary/aromatic N) is 1. The SMILES string of the molecule is CCCN(CCCCCCNCCc1ccc(S(C)(=O)=O)cc1)[C@@H]1CCc2c(ccc(O)c2O)C1. The second kappa shape index (κ2) is 13.3. The Morgan fingerprint density at radius 3 is 2.43 bits per heavy atom. The normalized spacial score (nSPS) is 15.9. The molecule has 2 aromatic carbocycles. The maximum Gasteiger partial charge on any atom is 0.175 e. The number of unbranched alkanes of at least 4 members (excludes halogenated alkanes) is 3. The highest BCUT2D eigenvalue weighted by atomic mass is 32.2. The number of hydrogen-bond donors (Lipinski definition) is 3. The Balaban J connectivity index is 1.30. The molecule has 0 bridgehead atoms. The molecular weight excluding hydrogens is 460 g/mol. The van der Waals surface area contributed by atoms with Gasteiger partial charge in [0.1, 0.15) is 0 Å². The van der Waals surface area contributed by atoms with Crippen molar-refractivity contribution in [1.82, 2.24) is 10.2 Å². The van der Waals surface area contributed by atoms with Crippen molar-refractivity contribution in [1.29, 1.82) is 0 Å². The van der Waals surface area contributed by atoms with E-state index in [1.54, 1.807) is 18.2 Å². The Hall–Kier alpha value is -2.09. The van der Waals surface area contributed by atoms with Gasteiger partial charge in [0, 0.05) is 17.9 Å². The van der Waals surface area contributed by atoms with E-state index in [2.05, 4.69) is 17.1 Å². The molecular formula is C28H42N2O4S. The van der Waals surface area contributed by atoms with Crippen molar-refractivity contribution in [3.63, 3.8) is 0 Å². The summed E-state index contributed by atoms with van der Waals surface area (Å²) in [5.74, 6) is 0.0619. The lowest BCUT2D eigenvalue weighted by atomic mass is 9.86. The van der Waals surface area contributed by atoms with Crippen LogP contribution in [0.4, 0.5) is 0 Å². The largest absolute Gasteiger partial charge is 0.504 e. The molecule has 0 aliphatic heterocycles. The highest BCUT2D eigenvalue weighted by Gasteiger charge is 2.26. The fourth-order valence-electron chi connectivity index (χ4n) is 5.06. The highest BCUT2D eigenvalue weighted by Crippen LogP contribution is 2.36. The van der Waals surface area contributed by atoms with E-state index < -0.39 is 9.84 Å². The van der Waals surface area contributed by atoms with E-state index in [0.29, 0.717) is 10.9 Å². The van der Waals surface area contributed by atoms with Gasteiger partial charge in [-0.3, -0.25) is 0 Å². The molecule has 1 atom stereocenters. The molecule has 0 unspecified atom stereocenters. The van der Waals surface area contributed by atoms with Gasteiger partial charge in [-0.05, 0) is 100 Å². The van der Waals surface area contributed by atoms with E-state index in [0.717, 1.165) is 69.4 Å². The van der Waals surface area contributed by atoms with E-state index in [9.17, 15) is 18.6 Å². The molecule has 0 spiro atoms. The monoisotopic (exact) mass is 502 g/mol. The van der Waals surface area contributed by atoms with Crippen molar-refractivity contribution >= 4 is 9.84 Å². The summed E-state index contributed by atoms with van der Waals surface area (Å²) in [6.07, 6.45) is 10.9. The second-order valence-corrected chi connectivity index (χ2v) is 11.8. The molecule has 6 nitrogen and oxygen atoms in total. The summed E-state index contributed by atoms with van der Waals surface area (Å²) < 4.78 is 23.1. The fraction of sp³-hybridized carbons (Fsp3) is 0.571. The highest BCUT2D eigenvalue weighted by molar-refractivity contribution is 7.90. The number of nitrogens with one attached hydrogen (secondary N) is 1. The quantitative estimate of drug-likeness (QED) is 0.261. The second-order valence-electron chi connectivity index (χ2n) is 9.83. The average Bonchev–Trinajstić information content (AvgIpc) is 2.84. The van der Waals surface area contributed by atoms with Crippen molar-refractivity contribution in [3.05, 3.63) is 53.1 Å². The summed E-state index contributed by atoms with van der Waals surface area (Å²) in [5.41, 5.74) is 3.25. The number of benzene rings is 2. The summed E-state index contributed by atoms with van der Waals surface area (Å²) >= 11 is 0. The molecule has 1 aliphatic rings. The van der Waals surface area contributed by atoms with E-state index in [1.807, 2.05) is 18.2 Å². The van der Waals surface area contributed by atoms with Crippen LogP contribution in [-0.2, 0) is 29.1 Å². The first-order chi connectivity index (χ1) is 16.8. The van der Waals surface area contributed by atoms with Crippen LogP contribution in [0.2, 0.25) is 0 Å². The van der Waals surface area contributed by atoms with Crippen molar-refractivity contribution in [2.75, 3.05) is 32.4 Å². The van der Waals surface area contributed by atoms with Crippen LogP contribution in [0.15, 0.2) is 41.3 Å². The Morgan fingerprint density at radius 1 is 0.971 bits per heavy atom. The van der Waals surface area contributed by atoms with Crippen LogP contribution in [0.1, 0.15) is 62.1 Å². The predicted molar refractivity (Wildman–Crippen MR) is 142 cm³/mol. The molecule has 0 fully saturated rings. The maximum atomic E-state index is 11.5. The number of fused-ring (bicyclic) bond motifs is 1. The predicted octanol–water partition coefficient (Wildman–Crippen LogP) is 4.46. The van der Waals surface area contributed by atoms with Crippen molar-refractivity contribution < 1.29 is 18.6 Å². The van der Waals surface area contributed by atoms with E-state index in [4.69, 9.17) is 0 Å². The molecule has 0 amide bonds. The minimum Gasteiger partial charge on any atom is -0.504 e. The van der Waals surface area contributed by atoms with Crippen LogP contribution in [0, 0.1) is 0 Å². The molecule has 35 heavy (non-hydrogen) atoms. The molecule has 0 saturated carbocycles. The van der Waals surface area contributed by atoms with Gasteiger partial charge in [0.05, 0.1) is 4.90 Å². The third kappa shape index (κ3) is 8.23. The minimum atomic E-state index is -3.13. The topological polar surface area (TPSA) is 89.9 Å². The first-order valence-electron chi connectivity index (χ1n) is 13.1. The van der Waals surface area contributed by atoms with Gasteiger partial charge in [-0.15, -0.1) is 0 Å². The lowest BCUT2D eigenvalue weighted by Crippen LogP contribution is -2.40. The summed E-state index contributed by atoms with van der Waals surface area (Å²) in [4.78, 5) is 3.00. The van der Waals surface area contributed by atoms with Crippen LogP contribution in [0.5, 0.6) is 11.5 Å². The molecule has 0 aromatic heterocycles. The number of sulfone groups is 1. The van der Waals surface area contributed by atoms with Gasteiger partial charge >= 0.3 is 0 Å². The molecule has 0 saturated heterocycles. The third-order valence-electron chi connectivity index (χ3n) is 7.06. The van der Waals surface area contributed by atoms with Gasteiger partial charge in [0.2, 0.25) is 0 Å². The summed E-state index contributed by atoms with van der Waals surface area (Å²) in [6.45, 7) is 6.37. The van der Waals surface area contributed by atoms with Gasteiger partial charge in [-0.25, -0.2) is 8.42 Å². The van der Waals surface area contributed by atoms with Crippen LogP contribution in [0.3, 0.4) is 0 Å². The number of hydrogen-bond acceptors (Lipinski definition) is 6. The third-order valence-corrected chi connectivity index (χ3v) is 8.19. The zero-order chi connectivity index (χ0) is 25.3. The van der Waals surface area contributed by atoms with Crippen LogP contribution < -0.4 is 5.32 Å². The van der Waals surface area contributed by atoms with E-state index in [1.165, 1.54) is 37.5 Å².